The van der Waals surface area contributed by atoms with Crippen LogP contribution in [0.25, 0.3) is 0 Å². The van der Waals surface area contributed by atoms with E-state index in [-0.39, 0.29) is 10.8 Å². The third-order valence-electron chi connectivity index (χ3n) is 10.7. The van der Waals surface area contributed by atoms with Crippen molar-refractivity contribution in [3.63, 3.8) is 0 Å². The van der Waals surface area contributed by atoms with Gasteiger partial charge in [0, 0.05) is 6.42 Å². The molecule has 39 heavy (non-hydrogen) atoms. The number of fused-ring (bicyclic) bond motifs is 1. The maximum Gasteiger partial charge on any atom is 0.203 e. The van der Waals surface area contributed by atoms with Crippen molar-refractivity contribution in [1.82, 2.24) is 4.98 Å². The summed E-state index contributed by atoms with van der Waals surface area (Å²) in [5, 5.41) is 31.6. The van der Waals surface area contributed by atoms with Crippen molar-refractivity contribution in [2.24, 2.45) is 23.2 Å². The maximum absolute atomic E-state index is 11.2. The van der Waals surface area contributed by atoms with E-state index in [1.165, 1.54) is 31.3 Å². The van der Waals surface area contributed by atoms with E-state index in [9.17, 15) is 15.3 Å². The van der Waals surface area contributed by atoms with Crippen LogP contribution in [0, 0.1) is 23.2 Å². The van der Waals surface area contributed by atoms with Gasteiger partial charge in [-0.3, -0.25) is 0 Å². The van der Waals surface area contributed by atoms with Gasteiger partial charge in [-0.2, -0.15) is 0 Å². The molecule has 0 aliphatic heterocycles. The summed E-state index contributed by atoms with van der Waals surface area (Å²) in [5.41, 5.74) is 4.16. The summed E-state index contributed by atoms with van der Waals surface area (Å²) >= 11 is 0. The second-order valence-electron chi connectivity index (χ2n) is 13.3. The lowest BCUT2D eigenvalue weighted by molar-refractivity contribution is 0.0862. The van der Waals surface area contributed by atoms with Crippen molar-refractivity contribution in [3.8, 4) is 0 Å². The van der Waals surface area contributed by atoms with E-state index in [1.807, 2.05) is 6.08 Å². The third kappa shape index (κ3) is 5.64. The van der Waals surface area contributed by atoms with Crippen molar-refractivity contribution in [2.75, 3.05) is 0 Å². The molecule has 0 saturated heterocycles. The van der Waals surface area contributed by atoms with Crippen LogP contribution in [0.2, 0.25) is 0 Å². The van der Waals surface area contributed by atoms with Gasteiger partial charge in [-0.1, -0.05) is 63.6 Å². The summed E-state index contributed by atoms with van der Waals surface area (Å²) < 4.78 is 5.85. The Labute approximate surface area is 234 Å². The molecule has 1 heterocycles. The highest BCUT2D eigenvalue weighted by atomic mass is 16.3. The molecule has 214 valence electrons. The summed E-state index contributed by atoms with van der Waals surface area (Å²) in [5.74, 6) is 2.23. The fourth-order valence-electron chi connectivity index (χ4n) is 7.99. The highest BCUT2D eigenvalue weighted by molar-refractivity contribution is 5.38. The van der Waals surface area contributed by atoms with Crippen LogP contribution in [-0.4, -0.2) is 38.6 Å². The van der Waals surface area contributed by atoms with Gasteiger partial charge in [0.1, 0.15) is 6.26 Å². The molecule has 4 fully saturated rings. The van der Waals surface area contributed by atoms with Gasteiger partial charge >= 0.3 is 0 Å². The first kappa shape index (κ1) is 28.6. The van der Waals surface area contributed by atoms with E-state index in [0.29, 0.717) is 36.5 Å². The quantitative estimate of drug-likeness (QED) is 0.305. The predicted molar refractivity (Wildman–Crippen MR) is 155 cm³/mol. The van der Waals surface area contributed by atoms with Gasteiger partial charge < -0.3 is 19.7 Å². The van der Waals surface area contributed by atoms with Crippen LogP contribution in [0.1, 0.15) is 103 Å². The second kappa shape index (κ2) is 11.5. The number of unbranched alkanes of at least 4 members (excludes halogenated alkanes) is 1. The first-order chi connectivity index (χ1) is 18.7. The molecule has 4 aliphatic rings. The summed E-state index contributed by atoms with van der Waals surface area (Å²) in [6, 6.07) is 0. The Morgan fingerprint density at radius 3 is 2.72 bits per heavy atom. The number of aryl methyl sites for hydroxylation is 1. The molecular weight excluding hydrogens is 486 g/mol. The fraction of sp³-hybridized carbons (Fsp3) is 0.676. The van der Waals surface area contributed by atoms with Gasteiger partial charge in [0.15, 0.2) is 0 Å². The minimum Gasteiger partial charge on any atom is -0.448 e. The molecule has 4 aliphatic carbocycles. The summed E-state index contributed by atoms with van der Waals surface area (Å²) in [4.78, 5) is 4.74. The van der Waals surface area contributed by atoms with Crippen LogP contribution in [0.3, 0.4) is 0 Å². The molecule has 3 N–H and O–H groups in total. The Balaban J connectivity index is 1.26. The molecule has 5 nitrogen and oxygen atoms in total. The second-order valence-corrected chi connectivity index (χ2v) is 13.3. The Kier molecular flexibility index (Phi) is 8.43. The van der Waals surface area contributed by atoms with Crippen LogP contribution in [-0.2, 0) is 11.8 Å². The first-order valence-electron chi connectivity index (χ1n) is 15.4. The van der Waals surface area contributed by atoms with Gasteiger partial charge in [0.25, 0.3) is 0 Å². The average molecular weight is 536 g/mol. The number of hydrogen-bond donors (Lipinski definition) is 3. The lowest BCUT2D eigenvalue weighted by Crippen LogP contribution is -2.35. The molecule has 7 atom stereocenters. The van der Waals surface area contributed by atoms with Crippen molar-refractivity contribution in [1.29, 1.82) is 0 Å². The molecule has 1 aromatic heterocycles. The zero-order valence-electron chi connectivity index (χ0n) is 24.2. The number of allylic oxidation sites excluding steroid dienone is 4. The smallest absolute Gasteiger partial charge is 0.203 e. The van der Waals surface area contributed by atoms with E-state index in [2.05, 4.69) is 45.6 Å². The lowest BCUT2D eigenvalue weighted by atomic mass is 9.61. The molecular formula is C34H49NO4. The molecule has 0 aromatic carbocycles. The number of aromatic nitrogens is 1. The largest absolute Gasteiger partial charge is 0.448 e. The molecule has 0 unspecified atom stereocenters. The third-order valence-corrected chi connectivity index (χ3v) is 10.7. The van der Waals surface area contributed by atoms with Crippen LogP contribution in [0.15, 0.2) is 58.3 Å². The van der Waals surface area contributed by atoms with Crippen molar-refractivity contribution >= 4 is 0 Å². The molecule has 5 rings (SSSR count). The number of nitrogens with zero attached hydrogens (tertiary/aromatic N) is 1. The van der Waals surface area contributed by atoms with Crippen molar-refractivity contribution < 1.29 is 19.7 Å². The topological polar surface area (TPSA) is 86.7 Å². The number of rotatable bonds is 9. The Bertz CT molecular complexity index is 1120. The van der Waals surface area contributed by atoms with Gasteiger partial charge in [-0.05, 0) is 98.5 Å². The number of aliphatic hydroxyl groups excluding tert-OH is 3. The van der Waals surface area contributed by atoms with Crippen molar-refractivity contribution in [2.45, 2.75) is 122 Å². The maximum atomic E-state index is 11.2. The molecule has 0 spiro atoms. The van der Waals surface area contributed by atoms with E-state index < -0.39 is 18.3 Å². The van der Waals surface area contributed by atoms with Crippen LogP contribution in [0.5, 0.6) is 0 Å². The summed E-state index contributed by atoms with van der Waals surface area (Å²) in [7, 11) is 0. The molecule has 4 saturated carbocycles. The first-order valence-corrected chi connectivity index (χ1v) is 15.4. The highest BCUT2D eigenvalue weighted by Gasteiger charge is 2.54. The highest BCUT2D eigenvalue weighted by Crippen LogP contribution is 2.60. The van der Waals surface area contributed by atoms with E-state index in [0.717, 1.165) is 55.4 Å². The van der Waals surface area contributed by atoms with Crippen molar-refractivity contribution in [3.05, 3.63) is 65.5 Å². The predicted octanol–water partition coefficient (Wildman–Crippen LogP) is 6.74. The minimum atomic E-state index is -0.643. The van der Waals surface area contributed by atoms with Gasteiger partial charge in [-0.25, -0.2) is 4.98 Å². The minimum absolute atomic E-state index is 0.244. The average Bonchev–Trinajstić information content (AvgIpc) is 3.44. The van der Waals surface area contributed by atoms with E-state index >= 15 is 0 Å². The summed E-state index contributed by atoms with van der Waals surface area (Å²) in [6.07, 6.45) is 20.7. The van der Waals surface area contributed by atoms with Crippen LogP contribution < -0.4 is 0 Å². The molecule has 1 aromatic rings. The van der Waals surface area contributed by atoms with Crippen LogP contribution in [0.4, 0.5) is 0 Å². The van der Waals surface area contributed by atoms with E-state index in [1.54, 1.807) is 6.26 Å². The monoisotopic (exact) mass is 535 g/mol. The zero-order chi connectivity index (χ0) is 27.8. The molecule has 5 heteroatoms. The van der Waals surface area contributed by atoms with Gasteiger partial charge in [0.2, 0.25) is 5.89 Å². The number of hydrogen-bond acceptors (Lipinski definition) is 5. The Morgan fingerprint density at radius 1 is 1.18 bits per heavy atom. The number of aliphatic hydroxyl groups is 3. The summed E-state index contributed by atoms with van der Waals surface area (Å²) in [6.45, 7) is 11.1. The normalized spacial score (nSPS) is 36.0. The van der Waals surface area contributed by atoms with Crippen LogP contribution >= 0.6 is 0 Å². The fourth-order valence-corrected chi connectivity index (χ4v) is 7.99. The van der Waals surface area contributed by atoms with Gasteiger partial charge in [-0.15, -0.1) is 0 Å². The zero-order valence-corrected chi connectivity index (χ0v) is 24.2. The SMILES string of the molecule is C=C1/C(=C\C=C2/CCC[C@]3(C)[C@@H]([C@@H](C)/C=C/[C@H](O)C4(c5nc(CCCC)co5)CC4)CC[C@@H]23)C[C@@H](O)C[C@@H]1O. The molecule has 0 amide bonds. The standard InChI is InChI=1S/C34H49NO4/c1-5-6-9-26-21-39-32(35-26)34(17-18-34)31(38)15-10-22(2)28-13-14-29-24(8-7-16-33(28,29)4)11-12-25-19-27(36)20-30(37)23(25)3/h10-12,15,21-22,27-31,36-38H,3,5-9,13-14,16-20H2,1-2,4H3/b15-10+,24-11+,25-12-/t22-,27+,28+,29-,30-,31-,33+/m0/s1. The lowest BCUT2D eigenvalue weighted by Gasteiger charge is -2.44. The van der Waals surface area contributed by atoms with E-state index in [4.69, 9.17) is 9.40 Å². The Morgan fingerprint density at radius 2 is 1.97 bits per heavy atom. The molecule has 0 radical (unpaired) electrons. The Hall–Kier alpha value is -1.95. The number of oxazole rings is 1. The molecule has 0 bridgehead atoms. The van der Waals surface area contributed by atoms with Gasteiger partial charge in [0.05, 0.1) is 29.4 Å².